The van der Waals surface area contributed by atoms with E-state index in [9.17, 15) is 13.2 Å². The Bertz CT molecular complexity index is 373. The lowest BCUT2D eigenvalue weighted by molar-refractivity contribution is -0.141. The van der Waals surface area contributed by atoms with Crippen molar-refractivity contribution in [3.05, 3.63) is 17.8 Å². The van der Waals surface area contributed by atoms with E-state index in [1.54, 1.807) is 18.0 Å². The van der Waals surface area contributed by atoms with Gasteiger partial charge in [-0.15, -0.1) is 0 Å². The highest BCUT2D eigenvalue weighted by Crippen LogP contribution is 2.31. The van der Waals surface area contributed by atoms with Gasteiger partial charge in [0.25, 0.3) is 0 Å². The van der Waals surface area contributed by atoms with Crippen LogP contribution in [0, 0.1) is 0 Å². The van der Waals surface area contributed by atoms with Gasteiger partial charge in [-0.1, -0.05) is 0 Å². The van der Waals surface area contributed by atoms with Crippen molar-refractivity contribution in [1.29, 1.82) is 0 Å². The van der Waals surface area contributed by atoms with E-state index in [-0.39, 0.29) is 0 Å². The zero-order valence-electron chi connectivity index (χ0n) is 10.1. The van der Waals surface area contributed by atoms with Gasteiger partial charge in [-0.3, -0.25) is 0 Å². The van der Waals surface area contributed by atoms with Crippen molar-refractivity contribution in [1.82, 2.24) is 4.98 Å². The molecule has 0 aliphatic rings. The Morgan fingerprint density at radius 1 is 1.24 bits per heavy atom. The minimum Gasteiger partial charge on any atom is -0.388 e. The molecule has 1 heterocycles. The molecular weight excluding hydrogens is 231 g/mol. The molecule has 6 heteroatoms. The predicted octanol–water partition coefficient (Wildman–Crippen LogP) is 2.99. The van der Waals surface area contributed by atoms with E-state index in [1.165, 1.54) is 0 Å². The van der Waals surface area contributed by atoms with E-state index in [4.69, 9.17) is 0 Å². The molecule has 0 spiro atoms. The number of rotatable bonds is 4. The van der Waals surface area contributed by atoms with Crippen LogP contribution in [0.25, 0.3) is 0 Å². The summed E-state index contributed by atoms with van der Waals surface area (Å²) in [5.41, 5.74) is -0.458. The zero-order valence-corrected chi connectivity index (χ0v) is 10.1. The molecule has 0 fully saturated rings. The Hall–Kier alpha value is -1.46. The molecule has 0 bridgehead atoms. The molecule has 0 radical (unpaired) electrons. The minimum absolute atomic E-state index is 0.342. The highest BCUT2D eigenvalue weighted by Gasteiger charge is 2.33. The third-order valence-electron chi connectivity index (χ3n) is 2.48. The van der Waals surface area contributed by atoms with Gasteiger partial charge in [0.1, 0.15) is 11.5 Å². The smallest absolute Gasteiger partial charge is 0.388 e. The fraction of sp³-hybridized carbons (Fsp3) is 0.545. The molecule has 1 N–H and O–H groups in total. The molecule has 0 atom stereocenters. The standard InChI is InChI=1S/C11H16F3N3/c1-4-17(5-2)10-7-8(15-3)6-9(16-10)11(12,13)14/h6-7H,4-5H2,1-3H3,(H,15,16). The zero-order chi connectivity index (χ0) is 13.1. The van der Waals surface area contributed by atoms with Crippen LogP contribution in [-0.2, 0) is 6.18 Å². The number of halogens is 3. The molecular formula is C11H16F3N3. The molecule has 0 amide bonds. The van der Waals surface area contributed by atoms with Gasteiger partial charge in [0.2, 0.25) is 0 Å². The van der Waals surface area contributed by atoms with Gasteiger partial charge in [-0.25, -0.2) is 4.98 Å². The summed E-state index contributed by atoms with van der Waals surface area (Å²) < 4.78 is 37.9. The molecule has 3 nitrogen and oxygen atoms in total. The van der Waals surface area contributed by atoms with Crippen LogP contribution in [0.4, 0.5) is 24.7 Å². The SMILES string of the molecule is CCN(CC)c1cc(NC)cc(C(F)(F)F)n1. The molecule has 0 saturated heterocycles. The second-order valence-electron chi connectivity index (χ2n) is 3.52. The van der Waals surface area contributed by atoms with Crippen molar-refractivity contribution >= 4 is 11.5 Å². The summed E-state index contributed by atoms with van der Waals surface area (Å²) in [4.78, 5) is 5.43. The van der Waals surface area contributed by atoms with Crippen LogP contribution in [0.2, 0.25) is 0 Å². The third kappa shape index (κ3) is 3.25. The molecule has 1 aromatic heterocycles. The summed E-state index contributed by atoms with van der Waals surface area (Å²) >= 11 is 0. The lowest BCUT2D eigenvalue weighted by atomic mass is 10.3. The number of aromatic nitrogens is 1. The molecule has 0 aliphatic carbocycles. The van der Waals surface area contributed by atoms with E-state index in [1.807, 2.05) is 13.8 Å². The number of nitrogens with zero attached hydrogens (tertiary/aromatic N) is 2. The average molecular weight is 247 g/mol. The Labute approximate surface area is 98.6 Å². The van der Waals surface area contributed by atoms with Crippen molar-refractivity contribution in [2.24, 2.45) is 0 Å². The van der Waals surface area contributed by atoms with Crippen LogP contribution < -0.4 is 10.2 Å². The number of pyridine rings is 1. The molecule has 0 aromatic carbocycles. The van der Waals surface area contributed by atoms with Gasteiger partial charge in [0, 0.05) is 31.9 Å². The average Bonchev–Trinajstić information content (AvgIpc) is 2.29. The maximum atomic E-state index is 12.6. The number of anilines is 2. The topological polar surface area (TPSA) is 28.2 Å². The predicted molar refractivity (Wildman–Crippen MR) is 62.3 cm³/mol. The summed E-state index contributed by atoms with van der Waals surface area (Å²) in [6.07, 6.45) is -4.42. The summed E-state index contributed by atoms with van der Waals surface area (Å²) in [7, 11) is 1.58. The Balaban J connectivity index is 3.22. The molecule has 96 valence electrons. The largest absolute Gasteiger partial charge is 0.433 e. The van der Waals surface area contributed by atoms with Gasteiger partial charge >= 0.3 is 6.18 Å². The van der Waals surface area contributed by atoms with Crippen LogP contribution in [0.15, 0.2) is 12.1 Å². The van der Waals surface area contributed by atoms with E-state index in [2.05, 4.69) is 10.3 Å². The van der Waals surface area contributed by atoms with Crippen molar-refractivity contribution in [3.63, 3.8) is 0 Å². The lowest BCUT2D eigenvalue weighted by Gasteiger charge is -2.21. The molecule has 0 unspecified atom stereocenters. The van der Waals surface area contributed by atoms with Crippen LogP contribution in [-0.4, -0.2) is 25.1 Å². The van der Waals surface area contributed by atoms with Gasteiger partial charge in [0.05, 0.1) is 0 Å². The van der Waals surface area contributed by atoms with E-state index in [0.29, 0.717) is 24.6 Å². The first-order valence-corrected chi connectivity index (χ1v) is 5.44. The molecule has 0 saturated carbocycles. The van der Waals surface area contributed by atoms with Crippen molar-refractivity contribution in [2.45, 2.75) is 20.0 Å². The number of hydrogen-bond donors (Lipinski definition) is 1. The number of hydrogen-bond acceptors (Lipinski definition) is 3. The fourth-order valence-electron chi connectivity index (χ4n) is 1.52. The normalized spacial score (nSPS) is 11.4. The van der Waals surface area contributed by atoms with E-state index >= 15 is 0 Å². The molecule has 17 heavy (non-hydrogen) atoms. The monoisotopic (exact) mass is 247 g/mol. The van der Waals surface area contributed by atoms with Crippen LogP contribution in [0.3, 0.4) is 0 Å². The number of alkyl halides is 3. The molecule has 0 aliphatic heterocycles. The van der Waals surface area contributed by atoms with Crippen molar-refractivity contribution in [3.8, 4) is 0 Å². The van der Waals surface area contributed by atoms with Gasteiger partial charge in [-0.2, -0.15) is 13.2 Å². The Kier molecular flexibility index (Phi) is 4.20. The Morgan fingerprint density at radius 2 is 1.82 bits per heavy atom. The quantitative estimate of drug-likeness (QED) is 0.886. The van der Waals surface area contributed by atoms with Crippen molar-refractivity contribution in [2.75, 3.05) is 30.4 Å². The highest BCUT2D eigenvalue weighted by atomic mass is 19.4. The first kappa shape index (κ1) is 13.6. The Morgan fingerprint density at radius 3 is 2.24 bits per heavy atom. The summed E-state index contributed by atoms with van der Waals surface area (Å²) in [6.45, 7) is 5.00. The summed E-state index contributed by atoms with van der Waals surface area (Å²) in [6, 6.07) is 2.62. The maximum absolute atomic E-state index is 12.6. The van der Waals surface area contributed by atoms with E-state index in [0.717, 1.165) is 6.07 Å². The van der Waals surface area contributed by atoms with Crippen LogP contribution in [0.1, 0.15) is 19.5 Å². The first-order valence-electron chi connectivity index (χ1n) is 5.44. The highest BCUT2D eigenvalue weighted by molar-refractivity contribution is 5.55. The summed E-state index contributed by atoms with van der Waals surface area (Å²) in [5, 5.41) is 2.72. The van der Waals surface area contributed by atoms with Crippen molar-refractivity contribution < 1.29 is 13.2 Å². The summed E-state index contributed by atoms with van der Waals surface area (Å²) in [5.74, 6) is 0.342. The van der Waals surface area contributed by atoms with E-state index < -0.39 is 11.9 Å². The van der Waals surface area contributed by atoms with Gasteiger partial charge in [0.15, 0.2) is 0 Å². The molecule has 1 rings (SSSR count). The van der Waals surface area contributed by atoms with Gasteiger partial charge < -0.3 is 10.2 Å². The lowest BCUT2D eigenvalue weighted by Crippen LogP contribution is -2.24. The fourth-order valence-corrected chi connectivity index (χ4v) is 1.52. The second-order valence-corrected chi connectivity index (χ2v) is 3.52. The van der Waals surface area contributed by atoms with Gasteiger partial charge in [-0.05, 0) is 19.9 Å². The molecule has 1 aromatic rings. The van der Waals surface area contributed by atoms with Crippen LogP contribution in [0.5, 0.6) is 0 Å². The third-order valence-corrected chi connectivity index (χ3v) is 2.48. The minimum atomic E-state index is -4.42. The second kappa shape index (κ2) is 5.25. The first-order chi connectivity index (χ1) is 7.92. The number of nitrogens with one attached hydrogen (secondary N) is 1. The maximum Gasteiger partial charge on any atom is 0.433 e. The van der Waals surface area contributed by atoms with Crippen LogP contribution >= 0.6 is 0 Å².